The van der Waals surface area contributed by atoms with Crippen LogP contribution in [-0.2, 0) is 14.3 Å². The Morgan fingerprint density at radius 2 is 2.14 bits per heavy atom. The van der Waals surface area contributed by atoms with Gasteiger partial charge in [-0.15, -0.1) is 0 Å². The van der Waals surface area contributed by atoms with E-state index < -0.39 is 17.8 Å². The molecule has 1 heterocycles. The third kappa shape index (κ3) is 4.80. The van der Waals surface area contributed by atoms with Crippen LogP contribution in [0.4, 0.5) is 10.1 Å². The number of ether oxygens (including phenoxy) is 1. The van der Waals surface area contributed by atoms with Gasteiger partial charge >= 0.3 is 0 Å². The fraction of sp³-hybridized carbons (Fsp3) is 0.500. The molecule has 1 aromatic rings. The molecular formula is C16H21FN2O3. The first kappa shape index (κ1) is 16.4. The molecule has 0 aromatic heterocycles. The first-order valence-electron chi connectivity index (χ1n) is 7.52. The standard InChI is InChI=1S/C16H21FN2O3/c1-11(16(21)19-14-8-3-2-7-13(14)17)18-15(20)10-12-6-4-5-9-22-12/h2-3,7-8,11-12H,4-6,9-10H2,1H3,(H,18,20)(H,19,21). The fourth-order valence-electron chi connectivity index (χ4n) is 2.34. The van der Waals surface area contributed by atoms with Gasteiger partial charge in [-0.1, -0.05) is 12.1 Å². The molecule has 0 radical (unpaired) electrons. The minimum atomic E-state index is -0.740. The monoisotopic (exact) mass is 308 g/mol. The minimum absolute atomic E-state index is 0.0735. The van der Waals surface area contributed by atoms with Gasteiger partial charge in [-0.05, 0) is 38.3 Å². The summed E-state index contributed by atoms with van der Waals surface area (Å²) in [6.45, 7) is 2.25. The van der Waals surface area contributed by atoms with Crippen molar-refractivity contribution in [3.8, 4) is 0 Å². The van der Waals surface area contributed by atoms with Crippen LogP contribution in [0.3, 0.4) is 0 Å². The van der Waals surface area contributed by atoms with E-state index in [9.17, 15) is 14.0 Å². The summed E-state index contributed by atoms with van der Waals surface area (Å²) in [6, 6.07) is 5.16. The molecule has 0 spiro atoms. The second kappa shape index (κ2) is 7.89. The highest BCUT2D eigenvalue weighted by atomic mass is 19.1. The molecule has 2 rings (SSSR count). The molecule has 1 fully saturated rings. The van der Waals surface area contributed by atoms with Gasteiger partial charge in [-0.2, -0.15) is 0 Å². The molecule has 1 saturated heterocycles. The SMILES string of the molecule is CC(NC(=O)CC1CCCCO1)C(=O)Nc1ccccc1F. The maximum absolute atomic E-state index is 13.5. The van der Waals surface area contributed by atoms with Crippen molar-refractivity contribution in [2.45, 2.75) is 44.8 Å². The number of benzene rings is 1. The average Bonchev–Trinajstić information content (AvgIpc) is 2.50. The molecular weight excluding hydrogens is 287 g/mol. The van der Waals surface area contributed by atoms with Gasteiger partial charge < -0.3 is 15.4 Å². The van der Waals surface area contributed by atoms with E-state index in [1.807, 2.05) is 0 Å². The molecule has 5 nitrogen and oxygen atoms in total. The van der Waals surface area contributed by atoms with Gasteiger partial charge in [0.05, 0.1) is 18.2 Å². The second-order valence-electron chi connectivity index (χ2n) is 5.45. The van der Waals surface area contributed by atoms with Crippen LogP contribution < -0.4 is 10.6 Å². The van der Waals surface area contributed by atoms with Crippen molar-refractivity contribution < 1.29 is 18.7 Å². The Hall–Kier alpha value is -1.95. The lowest BCUT2D eigenvalue weighted by Crippen LogP contribution is -2.43. The zero-order valence-corrected chi connectivity index (χ0v) is 12.6. The Bertz CT molecular complexity index is 530. The lowest BCUT2D eigenvalue weighted by Gasteiger charge is -2.22. The van der Waals surface area contributed by atoms with Crippen LogP contribution in [0.2, 0.25) is 0 Å². The van der Waals surface area contributed by atoms with E-state index in [2.05, 4.69) is 10.6 Å². The smallest absolute Gasteiger partial charge is 0.246 e. The van der Waals surface area contributed by atoms with Crippen molar-refractivity contribution >= 4 is 17.5 Å². The Balaban J connectivity index is 1.80. The second-order valence-corrected chi connectivity index (χ2v) is 5.45. The van der Waals surface area contributed by atoms with Crippen LogP contribution in [0.1, 0.15) is 32.6 Å². The van der Waals surface area contributed by atoms with Crippen LogP contribution in [0.15, 0.2) is 24.3 Å². The van der Waals surface area contributed by atoms with Crippen molar-refractivity contribution in [1.82, 2.24) is 5.32 Å². The topological polar surface area (TPSA) is 67.4 Å². The predicted octanol–water partition coefficient (Wildman–Crippen LogP) is 2.23. The fourth-order valence-corrected chi connectivity index (χ4v) is 2.34. The third-order valence-corrected chi connectivity index (χ3v) is 3.59. The number of hydrogen-bond donors (Lipinski definition) is 2. The zero-order chi connectivity index (χ0) is 15.9. The van der Waals surface area contributed by atoms with Crippen molar-refractivity contribution in [3.05, 3.63) is 30.1 Å². The number of halogens is 1. The summed E-state index contributed by atoms with van der Waals surface area (Å²) in [6.07, 6.45) is 3.12. The summed E-state index contributed by atoms with van der Waals surface area (Å²) in [4.78, 5) is 23.9. The largest absolute Gasteiger partial charge is 0.378 e. The van der Waals surface area contributed by atoms with Gasteiger partial charge in [0.25, 0.3) is 0 Å². The van der Waals surface area contributed by atoms with Crippen LogP contribution >= 0.6 is 0 Å². The molecule has 2 N–H and O–H groups in total. The summed E-state index contributed by atoms with van der Waals surface area (Å²) in [5, 5.41) is 5.07. The number of rotatable bonds is 5. The first-order valence-corrected chi connectivity index (χ1v) is 7.52. The van der Waals surface area contributed by atoms with Gasteiger partial charge in [0.1, 0.15) is 11.9 Å². The van der Waals surface area contributed by atoms with Crippen molar-refractivity contribution in [2.75, 3.05) is 11.9 Å². The molecule has 2 unspecified atom stereocenters. The zero-order valence-electron chi connectivity index (χ0n) is 12.6. The predicted molar refractivity (Wildman–Crippen MR) is 80.8 cm³/mol. The van der Waals surface area contributed by atoms with Crippen molar-refractivity contribution in [1.29, 1.82) is 0 Å². The van der Waals surface area contributed by atoms with Crippen LogP contribution in [0, 0.1) is 5.82 Å². The maximum atomic E-state index is 13.5. The average molecular weight is 308 g/mol. The molecule has 6 heteroatoms. The highest BCUT2D eigenvalue weighted by Crippen LogP contribution is 2.16. The Labute approximate surface area is 129 Å². The third-order valence-electron chi connectivity index (χ3n) is 3.59. The molecule has 1 aliphatic rings. The Morgan fingerprint density at radius 3 is 2.82 bits per heavy atom. The number of hydrogen-bond acceptors (Lipinski definition) is 3. The molecule has 2 atom stereocenters. The molecule has 22 heavy (non-hydrogen) atoms. The highest BCUT2D eigenvalue weighted by molar-refractivity contribution is 5.97. The van der Waals surface area contributed by atoms with Crippen LogP contribution in [0.25, 0.3) is 0 Å². The Morgan fingerprint density at radius 1 is 1.36 bits per heavy atom. The summed E-state index contributed by atoms with van der Waals surface area (Å²) < 4.78 is 19.0. The Kier molecular flexibility index (Phi) is 5.89. The summed E-state index contributed by atoms with van der Waals surface area (Å²) in [7, 11) is 0. The van der Waals surface area contributed by atoms with Gasteiger partial charge in [0.2, 0.25) is 11.8 Å². The van der Waals surface area contributed by atoms with Crippen LogP contribution in [0.5, 0.6) is 0 Å². The van der Waals surface area contributed by atoms with E-state index in [1.165, 1.54) is 12.1 Å². The molecule has 0 aliphatic carbocycles. The highest BCUT2D eigenvalue weighted by Gasteiger charge is 2.21. The molecule has 2 amide bonds. The molecule has 120 valence electrons. The first-order chi connectivity index (χ1) is 10.6. The van der Waals surface area contributed by atoms with E-state index in [-0.39, 0.29) is 24.1 Å². The van der Waals surface area contributed by atoms with E-state index in [1.54, 1.807) is 19.1 Å². The summed E-state index contributed by atoms with van der Waals surface area (Å²) in [5.41, 5.74) is 0.101. The summed E-state index contributed by atoms with van der Waals surface area (Å²) in [5.74, 6) is -1.20. The number of para-hydroxylation sites is 1. The lowest BCUT2D eigenvalue weighted by molar-refractivity contribution is -0.128. The van der Waals surface area contributed by atoms with Gasteiger partial charge in [-0.3, -0.25) is 9.59 Å². The summed E-state index contributed by atoms with van der Waals surface area (Å²) >= 11 is 0. The van der Waals surface area contributed by atoms with E-state index in [0.717, 1.165) is 19.3 Å². The molecule has 0 saturated carbocycles. The molecule has 0 bridgehead atoms. The van der Waals surface area contributed by atoms with E-state index in [0.29, 0.717) is 6.61 Å². The number of carbonyl (C=O) groups is 2. The van der Waals surface area contributed by atoms with E-state index in [4.69, 9.17) is 4.74 Å². The number of carbonyl (C=O) groups excluding carboxylic acids is 2. The lowest BCUT2D eigenvalue weighted by atomic mass is 10.1. The van der Waals surface area contributed by atoms with E-state index >= 15 is 0 Å². The minimum Gasteiger partial charge on any atom is -0.378 e. The molecule has 1 aliphatic heterocycles. The van der Waals surface area contributed by atoms with Crippen molar-refractivity contribution in [2.24, 2.45) is 0 Å². The van der Waals surface area contributed by atoms with Crippen LogP contribution in [-0.4, -0.2) is 30.6 Å². The van der Waals surface area contributed by atoms with Crippen molar-refractivity contribution in [3.63, 3.8) is 0 Å². The molecule has 1 aromatic carbocycles. The van der Waals surface area contributed by atoms with Gasteiger partial charge in [0, 0.05) is 6.61 Å². The maximum Gasteiger partial charge on any atom is 0.246 e. The number of amides is 2. The normalized spacial score (nSPS) is 19.3. The van der Waals surface area contributed by atoms with Gasteiger partial charge in [0.15, 0.2) is 0 Å². The quantitative estimate of drug-likeness (QED) is 0.876. The van der Waals surface area contributed by atoms with Gasteiger partial charge in [-0.25, -0.2) is 4.39 Å². The number of nitrogens with one attached hydrogen (secondary N) is 2. The number of anilines is 1.